The highest BCUT2D eigenvalue weighted by Crippen LogP contribution is 2.17. The molecule has 1 N–H and O–H groups in total. The molecular formula is C9H11NO2. The van der Waals surface area contributed by atoms with Gasteiger partial charge in [-0.15, -0.1) is 0 Å². The second-order valence-corrected chi connectivity index (χ2v) is 3.02. The number of aromatic nitrogens is 1. The minimum atomic E-state index is -1.42. The van der Waals surface area contributed by atoms with Crippen LogP contribution in [0.1, 0.15) is 18.1 Å². The van der Waals surface area contributed by atoms with E-state index in [2.05, 4.69) is 4.98 Å². The second kappa shape index (κ2) is 3.03. The van der Waals surface area contributed by atoms with Crippen LogP contribution in [0.3, 0.4) is 0 Å². The van der Waals surface area contributed by atoms with Crippen LogP contribution in [0.2, 0.25) is 0 Å². The molecule has 1 heterocycles. The Balaban J connectivity index is 3.11. The molecule has 1 atom stereocenters. The molecule has 12 heavy (non-hydrogen) atoms. The van der Waals surface area contributed by atoms with E-state index < -0.39 is 5.60 Å². The molecule has 0 aliphatic rings. The van der Waals surface area contributed by atoms with Crippen LogP contribution in [0.25, 0.3) is 0 Å². The number of aldehydes is 1. The van der Waals surface area contributed by atoms with Gasteiger partial charge in [0.1, 0.15) is 5.60 Å². The topological polar surface area (TPSA) is 50.2 Å². The maximum atomic E-state index is 10.5. The Morgan fingerprint density at radius 1 is 1.58 bits per heavy atom. The van der Waals surface area contributed by atoms with E-state index in [1.807, 2.05) is 6.92 Å². The van der Waals surface area contributed by atoms with Crippen molar-refractivity contribution in [3.05, 3.63) is 29.6 Å². The van der Waals surface area contributed by atoms with Gasteiger partial charge in [-0.25, -0.2) is 0 Å². The number of hydrogen-bond donors (Lipinski definition) is 1. The molecule has 0 aromatic carbocycles. The number of rotatable bonds is 2. The Morgan fingerprint density at radius 2 is 2.25 bits per heavy atom. The van der Waals surface area contributed by atoms with E-state index in [0.717, 1.165) is 5.56 Å². The van der Waals surface area contributed by atoms with E-state index in [-0.39, 0.29) is 0 Å². The average Bonchev–Trinajstić information content (AvgIpc) is 2.05. The first-order valence-electron chi connectivity index (χ1n) is 3.67. The van der Waals surface area contributed by atoms with Gasteiger partial charge in [0.25, 0.3) is 0 Å². The Morgan fingerprint density at radius 3 is 2.75 bits per heavy atom. The molecule has 0 saturated heterocycles. The molecule has 0 bridgehead atoms. The van der Waals surface area contributed by atoms with Gasteiger partial charge in [-0.3, -0.25) is 9.78 Å². The molecule has 1 aromatic heterocycles. The van der Waals surface area contributed by atoms with Gasteiger partial charge in [-0.2, -0.15) is 0 Å². The lowest BCUT2D eigenvalue weighted by atomic mass is 9.99. The van der Waals surface area contributed by atoms with Crippen molar-refractivity contribution >= 4 is 6.29 Å². The molecule has 1 aromatic rings. The summed E-state index contributed by atoms with van der Waals surface area (Å²) in [6.45, 7) is 3.30. The zero-order valence-electron chi connectivity index (χ0n) is 7.11. The minimum absolute atomic E-state index is 0.503. The fraction of sp³-hybridized carbons (Fsp3) is 0.333. The monoisotopic (exact) mass is 165 g/mol. The van der Waals surface area contributed by atoms with E-state index in [1.165, 1.54) is 13.1 Å². The van der Waals surface area contributed by atoms with E-state index in [1.54, 1.807) is 12.3 Å². The molecule has 0 radical (unpaired) electrons. The minimum Gasteiger partial charge on any atom is -0.378 e. The van der Waals surface area contributed by atoms with Gasteiger partial charge < -0.3 is 5.11 Å². The van der Waals surface area contributed by atoms with Crippen LogP contribution < -0.4 is 0 Å². The molecule has 0 fully saturated rings. The van der Waals surface area contributed by atoms with Gasteiger partial charge in [0, 0.05) is 18.0 Å². The molecule has 3 heteroatoms. The molecule has 0 aliphatic heterocycles. The molecule has 0 saturated carbocycles. The van der Waals surface area contributed by atoms with Crippen molar-refractivity contribution in [3.8, 4) is 0 Å². The Bertz CT molecular complexity index is 294. The summed E-state index contributed by atoms with van der Waals surface area (Å²) in [5.74, 6) is 0. The van der Waals surface area contributed by atoms with Crippen molar-refractivity contribution in [1.82, 2.24) is 4.98 Å². The highest BCUT2D eigenvalue weighted by atomic mass is 16.3. The Hall–Kier alpha value is -1.22. The van der Waals surface area contributed by atoms with E-state index >= 15 is 0 Å². The third kappa shape index (κ3) is 1.68. The standard InChI is InChI=1S/C9H11NO2/c1-7-3-8(5-10-4-7)9(2,12)6-11/h3-6,12H,1-2H3. The lowest BCUT2D eigenvalue weighted by Gasteiger charge is -2.15. The Labute approximate surface area is 71.1 Å². The summed E-state index contributed by atoms with van der Waals surface area (Å²) in [7, 11) is 0. The highest BCUT2D eigenvalue weighted by Gasteiger charge is 2.21. The number of carbonyl (C=O) groups excluding carboxylic acids is 1. The first-order chi connectivity index (χ1) is 5.56. The van der Waals surface area contributed by atoms with Crippen LogP contribution >= 0.6 is 0 Å². The second-order valence-electron chi connectivity index (χ2n) is 3.02. The molecule has 0 spiro atoms. The normalized spacial score (nSPS) is 15.2. The van der Waals surface area contributed by atoms with Crippen molar-refractivity contribution in [1.29, 1.82) is 0 Å². The summed E-state index contributed by atoms with van der Waals surface area (Å²) in [6.07, 6.45) is 3.66. The number of aryl methyl sites for hydroxylation is 1. The largest absolute Gasteiger partial charge is 0.378 e. The number of nitrogens with zero attached hydrogens (tertiary/aromatic N) is 1. The van der Waals surface area contributed by atoms with Crippen molar-refractivity contribution in [2.75, 3.05) is 0 Å². The molecule has 1 unspecified atom stereocenters. The number of carbonyl (C=O) groups is 1. The summed E-state index contributed by atoms with van der Waals surface area (Å²) in [4.78, 5) is 14.3. The van der Waals surface area contributed by atoms with Gasteiger partial charge in [0.15, 0.2) is 6.29 Å². The maximum Gasteiger partial charge on any atom is 0.155 e. The quantitative estimate of drug-likeness (QED) is 0.659. The smallest absolute Gasteiger partial charge is 0.155 e. The van der Waals surface area contributed by atoms with Crippen molar-refractivity contribution in [2.24, 2.45) is 0 Å². The van der Waals surface area contributed by atoms with Crippen LogP contribution in [0.5, 0.6) is 0 Å². The molecular weight excluding hydrogens is 154 g/mol. The fourth-order valence-corrected chi connectivity index (χ4v) is 0.900. The predicted molar refractivity (Wildman–Crippen MR) is 44.6 cm³/mol. The zero-order valence-corrected chi connectivity index (χ0v) is 7.11. The molecule has 3 nitrogen and oxygen atoms in total. The lowest BCUT2D eigenvalue weighted by Crippen LogP contribution is -2.22. The summed E-state index contributed by atoms with van der Waals surface area (Å²) in [6, 6.07) is 1.74. The number of aliphatic hydroxyl groups is 1. The summed E-state index contributed by atoms with van der Waals surface area (Å²) >= 11 is 0. The van der Waals surface area contributed by atoms with E-state index in [0.29, 0.717) is 11.8 Å². The first-order valence-corrected chi connectivity index (χ1v) is 3.67. The highest BCUT2D eigenvalue weighted by molar-refractivity contribution is 5.64. The fourth-order valence-electron chi connectivity index (χ4n) is 0.900. The summed E-state index contributed by atoms with van der Waals surface area (Å²) in [5, 5.41) is 9.51. The van der Waals surface area contributed by atoms with Gasteiger partial charge in [0.05, 0.1) is 0 Å². The summed E-state index contributed by atoms with van der Waals surface area (Å²) in [5.41, 5.74) is 0.0334. The van der Waals surface area contributed by atoms with E-state index in [9.17, 15) is 9.90 Å². The predicted octanol–water partition coefficient (Wildman–Crippen LogP) is 0.796. The van der Waals surface area contributed by atoms with Crippen LogP contribution in [0.15, 0.2) is 18.5 Å². The molecule has 0 aliphatic carbocycles. The molecule has 1 rings (SSSR count). The number of hydrogen-bond acceptors (Lipinski definition) is 3. The third-order valence-corrected chi connectivity index (χ3v) is 1.69. The van der Waals surface area contributed by atoms with Gasteiger partial charge in [-0.05, 0) is 25.5 Å². The first kappa shape index (κ1) is 8.87. The van der Waals surface area contributed by atoms with Crippen LogP contribution in [-0.2, 0) is 10.4 Å². The van der Waals surface area contributed by atoms with Gasteiger partial charge in [0.2, 0.25) is 0 Å². The van der Waals surface area contributed by atoms with Crippen molar-refractivity contribution in [3.63, 3.8) is 0 Å². The average molecular weight is 165 g/mol. The van der Waals surface area contributed by atoms with Crippen molar-refractivity contribution < 1.29 is 9.90 Å². The zero-order chi connectivity index (χ0) is 9.19. The van der Waals surface area contributed by atoms with Crippen molar-refractivity contribution in [2.45, 2.75) is 19.4 Å². The molecule has 0 amide bonds. The van der Waals surface area contributed by atoms with Crippen LogP contribution in [0, 0.1) is 6.92 Å². The van der Waals surface area contributed by atoms with Crippen LogP contribution in [-0.4, -0.2) is 16.4 Å². The Kier molecular flexibility index (Phi) is 2.24. The maximum absolute atomic E-state index is 10.5. The summed E-state index contributed by atoms with van der Waals surface area (Å²) < 4.78 is 0. The van der Waals surface area contributed by atoms with Gasteiger partial charge >= 0.3 is 0 Å². The van der Waals surface area contributed by atoms with Gasteiger partial charge in [-0.1, -0.05) is 0 Å². The SMILES string of the molecule is Cc1cncc(C(C)(O)C=O)c1. The van der Waals surface area contributed by atoms with E-state index in [4.69, 9.17) is 0 Å². The van der Waals surface area contributed by atoms with Crippen LogP contribution in [0.4, 0.5) is 0 Å². The molecule has 64 valence electrons. The lowest BCUT2D eigenvalue weighted by molar-refractivity contribution is -0.123. The third-order valence-electron chi connectivity index (χ3n) is 1.69. The number of pyridine rings is 1.